The molecule has 1 saturated heterocycles. The number of aryl methyl sites for hydroxylation is 2. The van der Waals surface area contributed by atoms with Crippen molar-refractivity contribution in [3.63, 3.8) is 0 Å². The number of carbonyl (C=O) groups is 4. The standard InChI is InChI=1S/C26H29N5O4S/c1-27-24(34)28-18-4-5-19-16(12-18)8-10-26(19)23(33)31(25(35)29-26)14-22(32)30-13-17-9-11-36-21(17)7-6-20(30)15-2-3-15/h4-5,9,11-12,15,20H,2-3,6-8,10,13-14H2,1H3,(H,29,35)(H2,27,28,34)/t20-,26+/m0/s1. The van der Waals surface area contributed by atoms with Crippen molar-refractivity contribution in [2.45, 2.75) is 56.7 Å². The van der Waals surface area contributed by atoms with Gasteiger partial charge in [-0.05, 0) is 84.7 Å². The van der Waals surface area contributed by atoms with Crippen LogP contribution in [0.4, 0.5) is 15.3 Å². The van der Waals surface area contributed by atoms with Gasteiger partial charge in [-0.2, -0.15) is 0 Å². The van der Waals surface area contributed by atoms with Gasteiger partial charge in [-0.1, -0.05) is 6.07 Å². The van der Waals surface area contributed by atoms with Gasteiger partial charge in [0.2, 0.25) is 5.91 Å². The molecule has 10 heteroatoms. The van der Waals surface area contributed by atoms with Crippen molar-refractivity contribution in [2.75, 3.05) is 18.9 Å². The number of imide groups is 1. The quantitative estimate of drug-likeness (QED) is 0.553. The Morgan fingerprint density at radius 3 is 2.75 bits per heavy atom. The maximum atomic E-state index is 13.7. The summed E-state index contributed by atoms with van der Waals surface area (Å²) in [5.41, 5.74) is 2.27. The van der Waals surface area contributed by atoms with Gasteiger partial charge in [0.05, 0.1) is 0 Å². The fraction of sp³-hybridized carbons (Fsp3) is 0.462. The summed E-state index contributed by atoms with van der Waals surface area (Å²) in [6.45, 7) is 0.290. The van der Waals surface area contributed by atoms with Gasteiger partial charge in [-0.3, -0.25) is 14.5 Å². The van der Waals surface area contributed by atoms with Crippen LogP contribution in [0.15, 0.2) is 29.6 Å². The first-order valence-electron chi connectivity index (χ1n) is 12.5. The smallest absolute Gasteiger partial charge is 0.325 e. The molecule has 2 fully saturated rings. The number of benzene rings is 1. The van der Waals surface area contributed by atoms with E-state index >= 15 is 0 Å². The van der Waals surface area contributed by atoms with Crippen LogP contribution in [0.25, 0.3) is 0 Å². The highest BCUT2D eigenvalue weighted by atomic mass is 32.1. The van der Waals surface area contributed by atoms with Gasteiger partial charge >= 0.3 is 12.1 Å². The molecule has 1 aromatic carbocycles. The Labute approximate surface area is 213 Å². The van der Waals surface area contributed by atoms with Gasteiger partial charge in [-0.15, -0.1) is 11.3 Å². The lowest BCUT2D eigenvalue weighted by Gasteiger charge is -2.31. The van der Waals surface area contributed by atoms with Crippen molar-refractivity contribution >= 4 is 40.9 Å². The fourth-order valence-electron chi connectivity index (χ4n) is 6.00. The molecule has 0 radical (unpaired) electrons. The third-order valence-corrected chi connectivity index (χ3v) is 9.04. The van der Waals surface area contributed by atoms with Crippen LogP contribution in [0, 0.1) is 5.92 Å². The highest BCUT2D eigenvalue weighted by molar-refractivity contribution is 7.10. The number of urea groups is 2. The Morgan fingerprint density at radius 1 is 1.14 bits per heavy atom. The van der Waals surface area contributed by atoms with Crippen molar-refractivity contribution in [1.29, 1.82) is 0 Å². The monoisotopic (exact) mass is 507 g/mol. The molecule has 0 unspecified atom stereocenters. The van der Waals surface area contributed by atoms with E-state index in [9.17, 15) is 19.2 Å². The lowest BCUT2D eigenvalue weighted by Crippen LogP contribution is -2.48. The van der Waals surface area contributed by atoms with Crippen LogP contribution in [0.5, 0.6) is 0 Å². The van der Waals surface area contributed by atoms with Crippen LogP contribution in [-0.2, 0) is 34.5 Å². The molecule has 3 N–H and O–H groups in total. The zero-order valence-corrected chi connectivity index (χ0v) is 21.0. The number of amides is 6. The molecule has 2 aliphatic carbocycles. The summed E-state index contributed by atoms with van der Waals surface area (Å²) in [6.07, 6.45) is 5.16. The highest BCUT2D eigenvalue weighted by Gasteiger charge is 2.56. The van der Waals surface area contributed by atoms with Gasteiger partial charge < -0.3 is 20.9 Å². The minimum absolute atomic E-state index is 0.158. The predicted octanol–water partition coefficient (Wildman–Crippen LogP) is 2.95. The number of carbonyl (C=O) groups excluding carboxylic acids is 4. The normalized spacial score (nSPS) is 24.9. The van der Waals surface area contributed by atoms with Gasteiger partial charge in [0.25, 0.3) is 5.91 Å². The molecule has 188 valence electrons. The van der Waals surface area contributed by atoms with E-state index in [4.69, 9.17) is 0 Å². The fourth-order valence-corrected chi connectivity index (χ4v) is 6.92. The Bertz CT molecular complexity index is 1270. The molecule has 36 heavy (non-hydrogen) atoms. The zero-order valence-electron chi connectivity index (χ0n) is 20.1. The largest absolute Gasteiger partial charge is 0.341 e. The minimum atomic E-state index is -1.16. The molecule has 2 aliphatic heterocycles. The first kappa shape index (κ1) is 23.0. The van der Waals surface area contributed by atoms with E-state index in [0.29, 0.717) is 31.0 Å². The highest BCUT2D eigenvalue weighted by Crippen LogP contribution is 2.43. The lowest BCUT2D eigenvalue weighted by atomic mass is 9.91. The van der Waals surface area contributed by atoms with Crippen molar-refractivity contribution in [3.05, 3.63) is 51.2 Å². The van der Waals surface area contributed by atoms with Crippen LogP contribution >= 0.6 is 11.3 Å². The molecule has 1 spiro atoms. The van der Waals surface area contributed by atoms with Crippen LogP contribution in [0.3, 0.4) is 0 Å². The molecule has 9 nitrogen and oxygen atoms in total. The number of hydrogen-bond acceptors (Lipinski definition) is 5. The first-order chi connectivity index (χ1) is 17.4. The summed E-state index contributed by atoms with van der Waals surface area (Å²) in [6, 6.07) is 6.74. The number of hydrogen-bond donors (Lipinski definition) is 3. The first-order valence-corrected chi connectivity index (χ1v) is 13.4. The maximum Gasteiger partial charge on any atom is 0.325 e. The topological polar surface area (TPSA) is 111 Å². The minimum Gasteiger partial charge on any atom is -0.341 e. The number of anilines is 1. The molecular formula is C26H29N5O4S. The van der Waals surface area contributed by atoms with E-state index in [2.05, 4.69) is 27.4 Å². The summed E-state index contributed by atoms with van der Waals surface area (Å²) in [5, 5.41) is 10.2. The molecule has 0 bridgehead atoms. The summed E-state index contributed by atoms with van der Waals surface area (Å²) in [5.74, 6) is -0.0350. The molecule has 2 aromatic rings. The Morgan fingerprint density at radius 2 is 1.97 bits per heavy atom. The van der Waals surface area contributed by atoms with Crippen LogP contribution in [-0.4, -0.2) is 53.3 Å². The van der Waals surface area contributed by atoms with Crippen molar-refractivity contribution in [1.82, 2.24) is 20.4 Å². The molecule has 6 amide bonds. The number of nitrogens with one attached hydrogen (secondary N) is 3. The van der Waals surface area contributed by atoms with Crippen LogP contribution < -0.4 is 16.0 Å². The summed E-state index contributed by atoms with van der Waals surface area (Å²) < 4.78 is 0. The van der Waals surface area contributed by atoms with E-state index in [1.54, 1.807) is 23.5 Å². The average molecular weight is 508 g/mol. The summed E-state index contributed by atoms with van der Waals surface area (Å²) in [4.78, 5) is 56.3. The van der Waals surface area contributed by atoms with Crippen LogP contribution in [0.2, 0.25) is 0 Å². The summed E-state index contributed by atoms with van der Waals surface area (Å²) in [7, 11) is 1.54. The number of fused-ring (bicyclic) bond motifs is 3. The predicted molar refractivity (Wildman–Crippen MR) is 134 cm³/mol. The molecule has 4 aliphatic rings. The third-order valence-electron chi connectivity index (χ3n) is 8.02. The zero-order chi connectivity index (χ0) is 25.0. The maximum absolute atomic E-state index is 13.7. The lowest BCUT2D eigenvalue weighted by molar-refractivity contribution is -0.141. The van der Waals surface area contributed by atoms with Crippen molar-refractivity contribution < 1.29 is 19.2 Å². The Balaban J connectivity index is 1.22. The van der Waals surface area contributed by atoms with Gasteiger partial charge in [-0.25, -0.2) is 9.59 Å². The van der Waals surface area contributed by atoms with E-state index in [1.807, 2.05) is 11.0 Å². The molecule has 2 atom stereocenters. The van der Waals surface area contributed by atoms with Gasteiger partial charge in [0.15, 0.2) is 0 Å². The van der Waals surface area contributed by atoms with E-state index < -0.39 is 11.6 Å². The average Bonchev–Trinajstić information content (AvgIpc) is 3.50. The van der Waals surface area contributed by atoms with E-state index in [-0.39, 0.29) is 30.4 Å². The molecule has 3 heterocycles. The van der Waals surface area contributed by atoms with Crippen molar-refractivity contribution in [3.8, 4) is 0 Å². The molecule has 1 aromatic heterocycles. The number of rotatable bonds is 4. The third kappa shape index (κ3) is 3.75. The van der Waals surface area contributed by atoms with E-state index in [1.165, 1.54) is 17.5 Å². The Hall–Kier alpha value is -3.40. The van der Waals surface area contributed by atoms with Gasteiger partial charge in [0.1, 0.15) is 12.1 Å². The molecule has 6 rings (SSSR count). The number of thiophene rings is 1. The van der Waals surface area contributed by atoms with Gasteiger partial charge in [0, 0.05) is 30.2 Å². The van der Waals surface area contributed by atoms with E-state index in [0.717, 1.165) is 41.7 Å². The molecular weight excluding hydrogens is 478 g/mol. The molecule has 1 saturated carbocycles. The van der Waals surface area contributed by atoms with Crippen molar-refractivity contribution in [2.24, 2.45) is 5.92 Å². The SMILES string of the molecule is CNC(=O)Nc1ccc2c(c1)CC[C@@]21NC(=O)N(CC(=O)N2Cc3ccsc3CC[C@H]2C2CC2)C1=O. The van der Waals surface area contributed by atoms with Crippen LogP contribution in [0.1, 0.15) is 47.3 Å². The second kappa shape index (κ2) is 8.62. The second-order valence-electron chi connectivity index (χ2n) is 10.1. The Kier molecular flexibility index (Phi) is 5.51. The second-order valence-corrected chi connectivity index (χ2v) is 11.1. The summed E-state index contributed by atoms with van der Waals surface area (Å²) >= 11 is 1.74. The number of nitrogens with zero attached hydrogens (tertiary/aromatic N) is 2.